The highest BCUT2D eigenvalue weighted by Crippen LogP contribution is 2.29. The van der Waals surface area contributed by atoms with Crippen LogP contribution in [0.3, 0.4) is 0 Å². The quantitative estimate of drug-likeness (QED) is 0.743. The number of benzene rings is 1. The highest BCUT2D eigenvalue weighted by molar-refractivity contribution is 7.99. The van der Waals surface area contributed by atoms with E-state index >= 15 is 0 Å². The SMILES string of the molecule is CCCC(C)NC(=O)CSc1nnc(-c2ccccc2OC)n1C. The third kappa shape index (κ3) is 4.50. The molecule has 0 radical (unpaired) electrons. The molecule has 1 heterocycles. The molecule has 1 N–H and O–H groups in total. The fraction of sp³-hybridized carbons (Fsp3) is 0.471. The van der Waals surface area contributed by atoms with Gasteiger partial charge in [0.2, 0.25) is 5.91 Å². The van der Waals surface area contributed by atoms with Gasteiger partial charge in [-0.25, -0.2) is 0 Å². The third-order valence-corrected chi connectivity index (χ3v) is 4.66. The first-order valence-electron chi connectivity index (χ1n) is 8.01. The molecule has 0 spiro atoms. The van der Waals surface area contributed by atoms with Gasteiger partial charge in [-0.05, 0) is 25.5 Å². The van der Waals surface area contributed by atoms with Gasteiger partial charge < -0.3 is 14.6 Å². The van der Waals surface area contributed by atoms with Gasteiger partial charge in [0.05, 0.1) is 18.4 Å². The van der Waals surface area contributed by atoms with Gasteiger partial charge in [-0.3, -0.25) is 4.79 Å². The third-order valence-electron chi connectivity index (χ3n) is 3.64. The van der Waals surface area contributed by atoms with Crippen molar-refractivity contribution in [1.29, 1.82) is 0 Å². The van der Waals surface area contributed by atoms with Gasteiger partial charge in [0.15, 0.2) is 11.0 Å². The van der Waals surface area contributed by atoms with E-state index in [1.54, 1.807) is 7.11 Å². The van der Waals surface area contributed by atoms with Crippen molar-refractivity contribution in [2.24, 2.45) is 7.05 Å². The van der Waals surface area contributed by atoms with Crippen LogP contribution in [-0.4, -0.2) is 39.6 Å². The first-order chi connectivity index (χ1) is 11.6. The Morgan fingerprint density at radius 3 is 2.83 bits per heavy atom. The standard InChI is InChI=1S/C17H24N4O2S/c1-5-8-12(2)18-15(22)11-24-17-20-19-16(21(17)3)13-9-6-7-10-14(13)23-4/h6-7,9-10,12H,5,8,11H2,1-4H3,(H,18,22). The number of aromatic nitrogens is 3. The van der Waals surface area contributed by atoms with Gasteiger partial charge in [-0.1, -0.05) is 37.2 Å². The van der Waals surface area contributed by atoms with Crippen LogP contribution in [0.25, 0.3) is 11.4 Å². The molecule has 1 aromatic carbocycles. The summed E-state index contributed by atoms with van der Waals surface area (Å²) < 4.78 is 7.26. The van der Waals surface area contributed by atoms with E-state index < -0.39 is 0 Å². The van der Waals surface area contributed by atoms with Crippen molar-refractivity contribution < 1.29 is 9.53 Å². The summed E-state index contributed by atoms with van der Waals surface area (Å²) in [6.07, 6.45) is 2.04. The van der Waals surface area contributed by atoms with Crippen LogP contribution in [0.1, 0.15) is 26.7 Å². The van der Waals surface area contributed by atoms with Crippen molar-refractivity contribution in [3.8, 4) is 17.1 Å². The van der Waals surface area contributed by atoms with Gasteiger partial charge in [0, 0.05) is 13.1 Å². The van der Waals surface area contributed by atoms with E-state index in [2.05, 4.69) is 22.4 Å². The summed E-state index contributed by atoms with van der Waals surface area (Å²) in [5, 5.41) is 12.1. The van der Waals surface area contributed by atoms with Crippen molar-refractivity contribution >= 4 is 17.7 Å². The predicted molar refractivity (Wildman–Crippen MR) is 96.2 cm³/mol. The molecule has 1 amide bonds. The van der Waals surface area contributed by atoms with E-state index in [4.69, 9.17) is 4.74 Å². The highest BCUT2D eigenvalue weighted by atomic mass is 32.2. The lowest BCUT2D eigenvalue weighted by atomic mass is 10.2. The summed E-state index contributed by atoms with van der Waals surface area (Å²) in [6, 6.07) is 7.88. The van der Waals surface area contributed by atoms with Crippen molar-refractivity contribution in [2.75, 3.05) is 12.9 Å². The Hall–Kier alpha value is -2.02. The zero-order valence-corrected chi connectivity index (χ0v) is 15.4. The van der Waals surface area contributed by atoms with Crippen LogP contribution in [0.15, 0.2) is 29.4 Å². The molecule has 0 saturated carbocycles. The van der Waals surface area contributed by atoms with E-state index in [0.717, 1.165) is 30.0 Å². The maximum absolute atomic E-state index is 12.0. The molecule has 0 bridgehead atoms. The normalized spacial score (nSPS) is 12.0. The molecule has 0 aliphatic carbocycles. The monoisotopic (exact) mass is 348 g/mol. The average molecular weight is 348 g/mol. The number of thioether (sulfide) groups is 1. The van der Waals surface area contributed by atoms with E-state index in [9.17, 15) is 4.79 Å². The topological polar surface area (TPSA) is 69.0 Å². The van der Waals surface area contributed by atoms with Gasteiger partial charge in [0.1, 0.15) is 5.75 Å². The Labute approximate surface area is 147 Å². The number of ether oxygens (including phenoxy) is 1. The average Bonchev–Trinajstić information content (AvgIpc) is 2.93. The van der Waals surface area contributed by atoms with E-state index in [1.165, 1.54) is 11.8 Å². The lowest BCUT2D eigenvalue weighted by Gasteiger charge is -2.12. The minimum Gasteiger partial charge on any atom is -0.496 e. The van der Waals surface area contributed by atoms with E-state index in [0.29, 0.717) is 10.9 Å². The molecule has 6 nitrogen and oxygen atoms in total. The van der Waals surface area contributed by atoms with Crippen LogP contribution < -0.4 is 10.1 Å². The van der Waals surface area contributed by atoms with Crippen LogP contribution in [0, 0.1) is 0 Å². The first kappa shape index (κ1) is 18.3. The smallest absolute Gasteiger partial charge is 0.230 e. The highest BCUT2D eigenvalue weighted by Gasteiger charge is 2.16. The molecule has 0 aliphatic heterocycles. The van der Waals surface area contributed by atoms with Crippen LogP contribution >= 0.6 is 11.8 Å². The number of rotatable bonds is 8. The van der Waals surface area contributed by atoms with Crippen LogP contribution in [0.2, 0.25) is 0 Å². The second-order valence-electron chi connectivity index (χ2n) is 5.61. The molecule has 130 valence electrons. The Kier molecular flexibility index (Phi) is 6.66. The maximum atomic E-state index is 12.0. The number of carbonyl (C=O) groups is 1. The van der Waals surface area contributed by atoms with Crippen LogP contribution in [-0.2, 0) is 11.8 Å². The van der Waals surface area contributed by atoms with Crippen molar-refractivity contribution in [1.82, 2.24) is 20.1 Å². The lowest BCUT2D eigenvalue weighted by molar-refractivity contribution is -0.119. The summed E-state index contributed by atoms with van der Waals surface area (Å²) in [5.41, 5.74) is 0.878. The first-order valence-corrected chi connectivity index (χ1v) is 9.00. The maximum Gasteiger partial charge on any atom is 0.230 e. The molecule has 0 saturated heterocycles. The van der Waals surface area contributed by atoms with Gasteiger partial charge >= 0.3 is 0 Å². The second kappa shape index (κ2) is 8.73. The summed E-state index contributed by atoms with van der Waals surface area (Å²) in [6.45, 7) is 4.13. The molecule has 2 rings (SSSR count). The minimum absolute atomic E-state index is 0.0165. The van der Waals surface area contributed by atoms with Gasteiger partial charge in [-0.2, -0.15) is 0 Å². The van der Waals surface area contributed by atoms with Gasteiger partial charge in [0.25, 0.3) is 0 Å². The molecule has 1 unspecified atom stereocenters. The minimum atomic E-state index is 0.0165. The van der Waals surface area contributed by atoms with Crippen LogP contribution in [0.4, 0.5) is 0 Å². The number of hydrogen-bond donors (Lipinski definition) is 1. The summed E-state index contributed by atoms with van der Waals surface area (Å²) in [5.74, 6) is 1.81. The number of methoxy groups -OCH3 is 1. The largest absolute Gasteiger partial charge is 0.496 e. The molecule has 0 aliphatic rings. The number of para-hydroxylation sites is 1. The Morgan fingerprint density at radius 1 is 1.38 bits per heavy atom. The zero-order chi connectivity index (χ0) is 17.5. The predicted octanol–water partition coefficient (Wildman–Crippen LogP) is 2.89. The number of hydrogen-bond acceptors (Lipinski definition) is 5. The number of nitrogens with one attached hydrogen (secondary N) is 1. The van der Waals surface area contributed by atoms with Crippen LogP contribution in [0.5, 0.6) is 5.75 Å². The zero-order valence-electron chi connectivity index (χ0n) is 14.6. The Bertz CT molecular complexity index is 687. The van der Waals surface area contributed by atoms with E-state index in [1.807, 2.05) is 42.8 Å². The fourth-order valence-electron chi connectivity index (χ4n) is 2.46. The number of amides is 1. The Morgan fingerprint density at radius 2 is 2.12 bits per heavy atom. The molecule has 0 fully saturated rings. The summed E-state index contributed by atoms with van der Waals surface area (Å²) in [7, 11) is 3.52. The molecular formula is C17H24N4O2S. The Balaban J connectivity index is 2.04. The van der Waals surface area contributed by atoms with Crippen molar-refractivity contribution in [3.63, 3.8) is 0 Å². The molecule has 1 atom stereocenters. The summed E-state index contributed by atoms with van der Waals surface area (Å²) in [4.78, 5) is 12.0. The molecular weight excluding hydrogens is 324 g/mol. The second-order valence-corrected chi connectivity index (χ2v) is 6.55. The van der Waals surface area contributed by atoms with Gasteiger partial charge in [-0.15, -0.1) is 10.2 Å². The van der Waals surface area contributed by atoms with Crippen molar-refractivity contribution in [2.45, 2.75) is 37.9 Å². The molecule has 1 aromatic heterocycles. The number of nitrogens with zero attached hydrogens (tertiary/aromatic N) is 3. The fourth-order valence-corrected chi connectivity index (χ4v) is 3.18. The molecule has 2 aromatic rings. The van der Waals surface area contributed by atoms with E-state index in [-0.39, 0.29) is 11.9 Å². The molecule has 7 heteroatoms. The lowest BCUT2D eigenvalue weighted by Crippen LogP contribution is -2.33. The van der Waals surface area contributed by atoms with Crippen molar-refractivity contribution in [3.05, 3.63) is 24.3 Å². The molecule has 24 heavy (non-hydrogen) atoms. The number of carbonyl (C=O) groups excluding carboxylic acids is 1. The summed E-state index contributed by atoms with van der Waals surface area (Å²) >= 11 is 1.38.